The molecule has 1 unspecified atom stereocenters. The number of hydrogen-bond donors (Lipinski definition) is 1. The molecule has 1 aliphatic heterocycles. The van der Waals surface area contributed by atoms with Crippen molar-refractivity contribution in [1.82, 2.24) is 4.90 Å². The number of hydrogen-bond acceptors (Lipinski definition) is 3. The number of aliphatic imine (C=N–C) groups is 1. The molecule has 1 aliphatic carbocycles. The van der Waals surface area contributed by atoms with Gasteiger partial charge in [0, 0.05) is 16.0 Å². The molecule has 1 fully saturated rings. The van der Waals surface area contributed by atoms with Gasteiger partial charge in [0.25, 0.3) is 0 Å². The zero-order valence-electron chi connectivity index (χ0n) is 9.94. The largest absolute Gasteiger partial charge is 0.370 e. The summed E-state index contributed by atoms with van der Waals surface area (Å²) in [4.78, 5) is 6.57. The fourth-order valence-corrected chi connectivity index (χ4v) is 2.99. The molecule has 1 heterocycles. The van der Waals surface area contributed by atoms with E-state index < -0.39 is 0 Å². The first-order valence-corrected chi connectivity index (χ1v) is 7.34. The summed E-state index contributed by atoms with van der Waals surface area (Å²) < 4.78 is 1.04. The topological polar surface area (TPSA) is 41.6 Å². The Balaban J connectivity index is 1.88. The van der Waals surface area contributed by atoms with Crippen LogP contribution in [0.25, 0.3) is 0 Å². The molecule has 2 aliphatic rings. The second-order valence-electron chi connectivity index (χ2n) is 4.98. The lowest BCUT2D eigenvalue weighted by Crippen LogP contribution is -2.37. The number of nitrogens with zero attached hydrogens (tertiary/aromatic N) is 2. The predicted molar refractivity (Wildman–Crippen MR) is 77.8 cm³/mol. The van der Waals surface area contributed by atoms with Crippen LogP contribution in [0.3, 0.4) is 0 Å². The van der Waals surface area contributed by atoms with Gasteiger partial charge in [-0.2, -0.15) is 0 Å². The Hall–Kier alpha value is -0.740. The quantitative estimate of drug-likeness (QED) is 0.926. The highest BCUT2D eigenvalue weighted by Gasteiger charge is 2.33. The minimum atomic E-state index is 0.190. The van der Waals surface area contributed by atoms with Crippen molar-refractivity contribution in [3.8, 4) is 0 Å². The summed E-state index contributed by atoms with van der Waals surface area (Å²) in [6.07, 6.45) is 2.62. The third kappa shape index (κ3) is 2.36. The van der Waals surface area contributed by atoms with E-state index in [9.17, 15) is 0 Å². The van der Waals surface area contributed by atoms with E-state index in [1.165, 1.54) is 12.8 Å². The fourth-order valence-electron chi connectivity index (χ4n) is 2.36. The summed E-state index contributed by atoms with van der Waals surface area (Å²) in [5, 5.41) is 0.786. The Morgan fingerprint density at radius 2 is 2.22 bits per heavy atom. The molecule has 5 heteroatoms. The van der Waals surface area contributed by atoms with Gasteiger partial charge in [-0.05, 0) is 42.5 Å². The molecule has 1 saturated carbocycles. The summed E-state index contributed by atoms with van der Waals surface area (Å²) in [5.41, 5.74) is 7.10. The average molecular weight is 329 g/mol. The average Bonchev–Trinajstić information content (AvgIpc) is 3.09. The molecule has 18 heavy (non-hydrogen) atoms. The van der Waals surface area contributed by atoms with Crippen molar-refractivity contribution in [3.05, 3.63) is 33.3 Å². The standard InChI is InChI=1S/C13H15BrClN3/c14-9-3-4-11(15)10(5-9)12-6-17-13(16)18(12)7-8-1-2-8/h3-5,8,12H,1-2,6-7H2,(H2,16,17). The molecule has 0 radical (unpaired) electrons. The molecule has 1 aromatic rings. The molecule has 2 N–H and O–H groups in total. The Labute approximate surface area is 120 Å². The van der Waals surface area contributed by atoms with Gasteiger partial charge in [-0.25, -0.2) is 0 Å². The summed E-state index contributed by atoms with van der Waals surface area (Å²) in [5.74, 6) is 1.44. The van der Waals surface area contributed by atoms with E-state index in [0.717, 1.165) is 27.5 Å². The molecule has 1 aromatic carbocycles. The Bertz CT molecular complexity index is 499. The van der Waals surface area contributed by atoms with Gasteiger partial charge < -0.3 is 10.6 Å². The smallest absolute Gasteiger partial charge is 0.191 e. The van der Waals surface area contributed by atoms with E-state index in [-0.39, 0.29) is 6.04 Å². The van der Waals surface area contributed by atoms with Crippen LogP contribution >= 0.6 is 27.5 Å². The second kappa shape index (κ2) is 4.74. The minimum Gasteiger partial charge on any atom is -0.370 e. The highest BCUT2D eigenvalue weighted by atomic mass is 79.9. The summed E-state index contributed by atoms with van der Waals surface area (Å²) in [7, 11) is 0. The lowest BCUT2D eigenvalue weighted by molar-refractivity contribution is 0.334. The van der Waals surface area contributed by atoms with Crippen LogP contribution in [0.5, 0.6) is 0 Å². The Morgan fingerprint density at radius 3 is 2.94 bits per heavy atom. The highest BCUT2D eigenvalue weighted by molar-refractivity contribution is 9.10. The number of guanidine groups is 1. The van der Waals surface area contributed by atoms with Gasteiger partial charge in [-0.3, -0.25) is 4.99 Å². The van der Waals surface area contributed by atoms with Gasteiger partial charge in [0.05, 0.1) is 12.6 Å². The van der Waals surface area contributed by atoms with Crippen molar-refractivity contribution in [1.29, 1.82) is 0 Å². The van der Waals surface area contributed by atoms with Gasteiger partial charge in [0.2, 0.25) is 0 Å². The third-order valence-corrected chi connectivity index (χ3v) is 4.40. The van der Waals surface area contributed by atoms with Gasteiger partial charge in [0.15, 0.2) is 5.96 Å². The predicted octanol–water partition coefficient (Wildman–Crippen LogP) is 3.18. The molecular weight excluding hydrogens is 314 g/mol. The van der Waals surface area contributed by atoms with E-state index in [1.807, 2.05) is 12.1 Å². The number of nitrogens with two attached hydrogens (primary N) is 1. The fraction of sp³-hybridized carbons (Fsp3) is 0.462. The van der Waals surface area contributed by atoms with Crippen LogP contribution in [0, 0.1) is 5.92 Å². The number of halogens is 2. The first-order chi connectivity index (χ1) is 8.65. The lowest BCUT2D eigenvalue weighted by atomic mass is 10.1. The van der Waals surface area contributed by atoms with Crippen LogP contribution in [0.4, 0.5) is 0 Å². The van der Waals surface area contributed by atoms with Crippen molar-refractivity contribution < 1.29 is 0 Å². The lowest BCUT2D eigenvalue weighted by Gasteiger charge is -2.27. The molecule has 0 spiro atoms. The Morgan fingerprint density at radius 1 is 1.44 bits per heavy atom. The maximum Gasteiger partial charge on any atom is 0.191 e. The van der Waals surface area contributed by atoms with Crippen LogP contribution < -0.4 is 5.73 Å². The van der Waals surface area contributed by atoms with E-state index in [4.69, 9.17) is 17.3 Å². The minimum absolute atomic E-state index is 0.190. The molecule has 3 rings (SSSR count). The van der Waals surface area contributed by atoms with Gasteiger partial charge in [-0.1, -0.05) is 27.5 Å². The number of benzene rings is 1. The molecular formula is C13H15BrClN3. The van der Waals surface area contributed by atoms with Crippen LogP contribution in [-0.4, -0.2) is 23.9 Å². The van der Waals surface area contributed by atoms with Crippen LogP contribution in [0.15, 0.2) is 27.7 Å². The van der Waals surface area contributed by atoms with E-state index >= 15 is 0 Å². The SMILES string of the molecule is NC1=NCC(c2cc(Br)ccc2Cl)N1CC1CC1. The maximum atomic E-state index is 6.30. The first kappa shape index (κ1) is 12.3. The molecule has 1 atom stereocenters. The van der Waals surface area contributed by atoms with Gasteiger partial charge in [0.1, 0.15) is 0 Å². The van der Waals surface area contributed by atoms with Crippen molar-refractivity contribution in [2.24, 2.45) is 16.6 Å². The Kier molecular flexibility index (Phi) is 3.24. The number of rotatable bonds is 3. The van der Waals surface area contributed by atoms with Crippen molar-refractivity contribution in [2.75, 3.05) is 13.1 Å². The summed E-state index contributed by atoms with van der Waals surface area (Å²) in [6, 6.07) is 6.14. The summed E-state index contributed by atoms with van der Waals surface area (Å²) in [6.45, 7) is 1.71. The molecule has 0 amide bonds. The van der Waals surface area contributed by atoms with Gasteiger partial charge >= 0.3 is 0 Å². The monoisotopic (exact) mass is 327 g/mol. The second-order valence-corrected chi connectivity index (χ2v) is 6.30. The van der Waals surface area contributed by atoms with E-state index in [0.29, 0.717) is 12.5 Å². The summed E-state index contributed by atoms with van der Waals surface area (Å²) >= 11 is 9.80. The normalized spacial score (nSPS) is 23.3. The molecule has 0 saturated heterocycles. The zero-order valence-corrected chi connectivity index (χ0v) is 12.3. The van der Waals surface area contributed by atoms with Crippen LogP contribution in [-0.2, 0) is 0 Å². The van der Waals surface area contributed by atoms with Crippen LogP contribution in [0.1, 0.15) is 24.4 Å². The van der Waals surface area contributed by atoms with Crippen molar-refractivity contribution in [3.63, 3.8) is 0 Å². The first-order valence-electron chi connectivity index (χ1n) is 6.16. The molecule has 0 bridgehead atoms. The van der Waals surface area contributed by atoms with E-state index in [1.54, 1.807) is 0 Å². The van der Waals surface area contributed by atoms with E-state index in [2.05, 4.69) is 31.9 Å². The molecule has 96 valence electrons. The maximum absolute atomic E-state index is 6.30. The molecule has 3 nitrogen and oxygen atoms in total. The highest BCUT2D eigenvalue weighted by Crippen LogP contribution is 2.37. The van der Waals surface area contributed by atoms with Crippen molar-refractivity contribution >= 4 is 33.5 Å². The zero-order chi connectivity index (χ0) is 12.7. The molecule has 0 aromatic heterocycles. The van der Waals surface area contributed by atoms with Gasteiger partial charge in [-0.15, -0.1) is 0 Å². The van der Waals surface area contributed by atoms with Crippen LogP contribution in [0.2, 0.25) is 5.02 Å². The van der Waals surface area contributed by atoms with Crippen molar-refractivity contribution in [2.45, 2.75) is 18.9 Å². The third-order valence-electron chi connectivity index (χ3n) is 3.57.